The summed E-state index contributed by atoms with van der Waals surface area (Å²) in [5, 5.41) is 0. The standard InChI is InChI=1S/C18H20N2O3S/c1-14-8-10-17(11-9-14)24(22,23)19-15-5-4-6-16(13-15)20-12-3-2-7-18(20)21/h4-6,8-11,13,19H,2-3,7,12H2,1H3. The third kappa shape index (κ3) is 3.59. The smallest absolute Gasteiger partial charge is 0.261 e. The second kappa shape index (κ2) is 6.65. The van der Waals surface area contributed by atoms with E-state index < -0.39 is 10.0 Å². The molecule has 5 nitrogen and oxygen atoms in total. The summed E-state index contributed by atoms with van der Waals surface area (Å²) >= 11 is 0. The van der Waals surface area contributed by atoms with Crippen molar-refractivity contribution in [2.45, 2.75) is 31.1 Å². The molecule has 2 aromatic rings. The number of amides is 1. The van der Waals surface area contributed by atoms with Crippen molar-refractivity contribution < 1.29 is 13.2 Å². The summed E-state index contributed by atoms with van der Waals surface area (Å²) in [4.78, 5) is 14.0. The predicted octanol–water partition coefficient (Wildman–Crippen LogP) is 3.31. The first-order valence-electron chi connectivity index (χ1n) is 7.96. The lowest BCUT2D eigenvalue weighted by Gasteiger charge is -2.27. The summed E-state index contributed by atoms with van der Waals surface area (Å²) in [5.74, 6) is 0.0831. The van der Waals surface area contributed by atoms with Gasteiger partial charge in [0.15, 0.2) is 0 Å². The molecular weight excluding hydrogens is 324 g/mol. The number of nitrogens with zero attached hydrogens (tertiary/aromatic N) is 1. The Morgan fingerprint density at radius 3 is 2.50 bits per heavy atom. The molecule has 1 amide bonds. The fraction of sp³-hybridized carbons (Fsp3) is 0.278. The number of hydrogen-bond acceptors (Lipinski definition) is 3. The highest BCUT2D eigenvalue weighted by molar-refractivity contribution is 7.92. The van der Waals surface area contributed by atoms with Crippen LogP contribution in [0.2, 0.25) is 0 Å². The third-order valence-corrected chi connectivity index (χ3v) is 5.46. The number of aryl methyl sites for hydroxylation is 1. The zero-order valence-corrected chi connectivity index (χ0v) is 14.3. The SMILES string of the molecule is Cc1ccc(S(=O)(=O)Nc2cccc(N3CCCCC3=O)c2)cc1. The first-order valence-corrected chi connectivity index (χ1v) is 9.44. The van der Waals surface area contributed by atoms with Crippen LogP contribution in [0.25, 0.3) is 0 Å². The Bertz CT molecular complexity index is 845. The minimum absolute atomic E-state index is 0.0831. The van der Waals surface area contributed by atoms with E-state index >= 15 is 0 Å². The molecule has 126 valence electrons. The minimum atomic E-state index is -3.64. The normalized spacial score (nSPS) is 15.4. The van der Waals surface area contributed by atoms with Crippen LogP contribution >= 0.6 is 0 Å². The number of benzene rings is 2. The van der Waals surface area contributed by atoms with Gasteiger partial charge in [0, 0.05) is 18.7 Å². The number of hydrogen-bond donors (Lipinski definition) is 1. The fourth-order valence-corrected chi connectivity index (χ4v) is 3.80. The van der Waals surface area contributed by atoms with E-state index in [4.69, 9.17) is 0 Å². The van der Waals surface area contributed by atoms with Crippen molar-refractivity contribution in [3.8, 4) is 0 Å². The summed E-state index contributed by atoms with van der Waals surface area (Å²) in [6.45, 7) is 2.58. The van der Waals surface area contributed by atoms with Gasteiger partial charge in [-0.25, -0.2) is 8.42 Å². The van der Waals surface area contributed by atoms with E-state index in [1.807, 2.05) is 13.0 Å². The molecule has 0 bridgehead atoms. The number of rotatable bonds is 4. The molecule has 0 unspecified atom stereocenters. The van der Waals surface area contributed by atoms with Crippen LogP contribution in [0.4, 0.5) is 11.4 Å². The van der Waals surface area contributed by atoms with Crippen molar-refractivity contribution in [2.75, 3.05) is 16.2 Å². The van der Waals surface area contributed by atoms with Crippen LogP contribution in [-0.2, 0) is 14.8 Å². The van der Waals surface area contributed by atoms with Gasteiger partial charge >= 0.3 is 0 Å². The van der Waals surface area contributed by atoms with Gasteiger partial charge in [0.05, 0.1) is 10.6 Å². The average Bonchev–Trinajstić information content (AvgIpc) is 2.55. The molecular formula is C18H20N2O3S. The van der Waals surface area contributed by atoms with Crippen molar-refractivity contribution in [2.24, 2.45) is 0 Å². The summed E-state index contributed by atoms with van der Waals surface area (Å²) in [6.07, 6.45) is 2.42. The monoisotopic (exact) mass is 344 g/mol. The molecule has 1 N–H and O–H groups in total. The molecule has 1 aliphatic rings. The van der Waals surface area contributed by atoms with Crippen LogP contribution in [0.5, 0.6) is 0 Å². The van der Waals surface area contributed by atoms with Gasteiger partial charge in [-0.15, -0.1) is 0 Å². The van der Waals surface area contributed by atoms with E-state index in [0.717, 1.165) is 24.1 Å². The summed E-state index contributed by atoms with van der Waals surface area (Å²) < 4.78 is 27.5. The Morgan fingerprint density at radius 1 is 1.04 bits per heavy atom. The number of carbonyl (C=O) groups excluding carboxylic acids is 1. The van der Waals surface area contributed by atoms with Crippen molar-refractivity contribution in [3.63, 3.8) is 0 Å². The molecule has 1 fully saturated rings. The van der Waals surface area contributed by atoms with E-state index in [2.05, 4.69) is 4.72 Å². The molecule has 0 atom stereocenters. The minimum Gasteiger partial charge on any atom is -0.312 e. The Hall–Kier alpha value is -2.34. The molecule has 6 heteroatoms. The van der Waals surface area contributed by atoms with Crippen LogP contribution in [0.1, 0.15) is 24.8 Å². The Balaban J connectivity index is 1.84. The first-order chi connectivity index (χ1) is 11.5. The quantitative estimate of drug-likeness (QED) is 0.925. The maximum absolute atomic E-state index is 12.5. The summed E-state index contributed by atoms with van der Waals surface area (Å²) in [6, 6.07) is 13.6. The highest BCUT2D eigenvalue weighted by Gasteiger charge is 2.20. The number of carbonyl (C=O) groups is 1. The molecule has 3 rings (SSSR count). The van der Waals surface area contributed by atoms with Gasteiger partial charge in [-0.1, -0.05) is 23.8 Å². The van der Waals surface area contributed by atoms with Gasteiger partial charge in [0.2, 0.25) is 5.91 Å². The highest BCUT2D eigenvalue weighted by atomic mass is 32.2. The second-order valence-corrected chi connectivity index (χ2v) is 7.65. The molecule has 0 radical (unpaired) electrons. The van der Waals surface area contributed by atoms with Crippen LogP contribution in [0.15, 0.2) is 53.4 Å². The molecule has 1 saturated heterocycles. The molecule has 1 heterocycles. The summed E-state index contributed by atoms with van der Waals surface area (Å²) in [7, 11) is -3.64. The Morgan fingerprint density at radius 2 is 1.79 bits per heavy atom. The van der Waals surface area contributed by atoms with Crippen molar-refractivity contribution in [3.05, 3.63) is 54.1 Å². The zero-order valence-electron chi connectivity index (χ0n) is 13.5. The predicted molar refractivity (Wildman–Crippen MR) is 94.6 cm³/mol. The fourth-order valence-electron chi connectivity index (χ4n) is 2.75. The molecule has 0 saturated carbocycles. The lowest BCUT2D eigenvalue weighted by atomic mass is 10.1. The van der Waals surface area contributed by atoms with Gasteiger partial charge in [-0.05, 0) is 50.1 Å². The van der Waals surface area contributed by atoms with Crippen molar-refractivity contribution in [1.82, 2.24) is 0 Å². The molecule has 0 aliphatic carbocycles. The van der Waals surface area contributed by atoms with Gasteiger partial charge in [-0.3, -0.25) is 9.52 Å². The average molecular weight is 344 g/mol. The summed E-state index contributed by atoms with van der Waals surface area (Å²) in [5.41, 5.74) is 2.18. The van der Waals surface area contributed by atoms with Gasteiger partial charge in [-0.2, -0.15) is 0 Å². The Labute approximate surface area is 142 Å². The highest BCUT2D eigenvalue weighted by Crippen LogP contribution is 2.25. The lowest BCUT2D eigenvalue weighted by Crippen LogP contribution is -2.35. The molecule has 1 aliphatic heterocycles. The van der Waals surface area contributed by atoms with Crippen LogP contribution in [0, 0.1) is 6.92 Å². The maximum Gasteiger partial charge on any atom is 0.261 e. The van der Waals surface area contributed by atoms with Crippen molar-refractivity contribution in [1.29, 1.82) is 0 Å². The molecule has 0 spiro atoms. The van der Waals surface area contributed by atoms with Crippen LogP contribution in [0.3, 0.4) is 0 Å². The first kappa shape index (κ1) is 16.5. The number of nitrogens with one attached hydrogen (secondary N) is 1. The van der Waals surface area contributed by atoms with E-state index in [1.165, 1.54) is 0 Å². The van der Waals surface area contributed by atoms with Crippen LogP contribution in [-0.4, -0.2) is 20.9 Å². The molecule has 0 aromatic heterocycles. The third-order valence-electron chi connectivity index (χ3n) is 4.06. The number of anilines is 2. The largest absolute Gasteiger partial charge is 0.312 e. The molecule has 24 heavy (non-hydrogen) atoms. The molecule has 2 aromatic carbocycles. The lowest BCUT2D eigenvalue weighted by molar-refractivity contribution is -0.119. The number of piperidine rings is 1. The Kier molecular flexibility index (Phi) is 4.57. The topological polar surface area (TPSA) is 66.5 Å². The van der Waals surface area contributed by atoms with E-state index in [0.29, 0.717) is 18.7 Å². The van der Waals surface area contributed by atoms with Crippen LogP contribution < -0.4 is 9.62 Å². The van der Waals surface area contributed by atoms with E-state index in [-0.39, 0.29) is 10.8 Å². The van der Waals surface area contributed by atoms with E-state index in [9.17, 15) is 13.2 Å². The van der Waals surface area contributed by atoms with Gasteiger partial charge in [0.1, 0.15) is 0 Å². The van der Waals surface area contributed by atoms with Gasteiger partial charge < -0.3 is 4.90 Å². The second-order valence-electron chi connectivity index (χ2n) is 5.97. The maximum atomic E-state index is 12.5. The van der Waals surface area contributed by atoms with Crippen molar-refractivity contribution >= 4 is 27.3 Å². The number of sulfonamides is 1. The zero-order chi connectivity index (χ0) is 17.2. The van der Waals surface area contributed by atoms with Gasteiger partial charge in [0.25, 0.3) is 10.0 Å². The van der Waals surface area contributed by atoms with E-state index in [1.54, 1.807) is 47.4 Å².